The summed E-state index contributed by atoms with van der Waals surface area (Å²) in [5.41, 5.74) is 1.07. The maximum absolute atomic E-state index is 12.5. The van der Waals surface area contributed by atoms with Gasteiger partial charge in [0.15, 0.2) is 0 Å². The summed E-state index contributed by atoms with van der Waals surface area (Å²) in [5.74, 6) is 3.52. The fourth-order valence-corrected chi connectivity index (χ4v) is 5.20. The van der Waals surface area contributed by atoms with Crippen LogP contribution in [0.1, 0.15) is 25.7 Å². The van der Waals surface area contributed by atoms with E-state index in [-0.39, 0.29) is 11.8 Å². The summed E-state index contributed by atoms with van der Waals surface area (Å²) >= 11 is 1.99. The molecule has 0 saturated carbocycles. The molecule has 0 unspecified atom stereocenters. The normalized spacial score (nSPS) is 21.9. The van der Waals surface area contributed by atoms with Crippen molar-refractivity contribution in [1.82, 2.24) is 20.2 Å². The lowest BCUT2D eigenvalue weighted by Crippen LogP contribution is -2.42. The van der Waals surface area contributed by atoms with Gasteiger partial charge in [0.05, 0.1) is 18.1 Å². The Morgan fingerprint density at radius 3 is 2.36 bits per heavy atom. The van der Waals surface area contributed by atoms with E-state index in [4.69, 9.17) is 0 Å². The maximum Gasteiger partial charge on any atom is 0.225 e. The number of hydrogen-bond acceptors (Lipinski definition) is 7. The highest BCUT2D eigenvalue weighted by molar-refractivity contribution is 7.99. The van der Waals surface area contributed by atoms with Crippen molar-refractivity contribution in [3.8, 4) is 0 Å². The summed E-state index contributed by atoms with van der Waals surface area (Å²) in [4.78, 5) is 28.6. The Labute approximate surface area is 172 Å². The molecule has 1 aromatic heterocycles. The fourth-order valence-electron chi connectivity index (χ4n) is 4.29. The Morgan fingerprint density at radius 2 is 1.68 bits per heavy atom. The van der Waals surface area contributed by atoms with Crippen molar-refractivity contribution in [3.63, 3.8) is 0 Å². The number of amides is 1. The summed E-state index contributed by atoms with van der Waals surface area (Å²) in [6, 6.07) is 0. The van der Waals surface area contributed by atoms with E-state index in [9.17, 15) is 4.79 Å². The van der Waals surface area contributed by atoms with Crippen molar-refractivity contribution in [1.29, 1.82) is 0 Å². The molecule has 1 aromatic rings. The third kappa shape index (κ3) is 5.08. The van der Waals surface area contributed by atoms with Gasteiger partial charge < -0.3 is 20.0 Å². The second-order valence-corrected chi connectivity index (χ2v) is 9.17. The lowest BCUT2D eigenvalue weighted by molar-refractivity contribution is -0.125. The molecule has 3 fully saturated rings. The topological polar surface area (TPSA) is 64.6 Å². The predicted molar refractivity (Wildman–Crippen MR) is 115 cm³/mol. The first kappa shape index (κ1) is 19.8. The molecule has 4 heterocycles. The molecule has 0 aliphatic carbocycles. The Kier molecular flexibility index (Phi) is 6.90. The molecule has 4 rings (SSSR count). The number of likely N-dealkylation sites (tertiary alicyclic amines) is 1. The van der Waals surface area contributed by atoms with Gasteiger partial charge in [-0.3, -0.25) is 4.79 Å². The predicted octanol–water partition coefficient (Wildman–Crippen LogP) is 1.46. The van der Waals surface area contributed by atoms with Crippen LogP contribution < -0.4 is 15.1 Å². The zero-order chi connectivity index (χ0) is 19.2. The maximum atomic E-state index is 12.5. The molecule has 0 bridgehead atoms. The molecule has 0 aromatic carbocycles. The van der Waals surface area contributed by atoms with Gasteiger partial charge in [-0.05, 0) is 38.8 Å². The first-order valence-electron chi connectivity index (χ1n) is 10.7. The molecule has 0 radical (unpaired) electrons. The van der Waals surface area contributed by atoms with E-state index in [0.29, 0.717) is 0 Å². The minimum absolute atomic E-state index is 0.140. The van der Waals surface area contributed by atoms with E-state index >= 15 is 0 Å². The number of hydrogen-bond donors (Lipinski definition) is 1. The van der Waals surface area contributed by atoms with E-state index in [2.05, 4.69) is 30.0 Å². The molecule has 28 heavy (non-hydrogen) atoms. The van der Waals surface area contributed by atoms with Crippen molar-refractivity contribution >= 4 is 29.3 Å². The van der Waals surface area contributed by atoms with Crippen LogP contribution in [-0.2, 0) is 4.79 Å². The number of aromatic nitrogens is 2. The number of anilines is 2. The SMILES string of the molecule is O=C(NCCN1CCCC1)C1CCN(c2cnc(N3CCSCC3)nc2)CC1. The van der Waals surface area contributed by atoms with Gasteiger partial charge in [-0.15, -0.1) is 0 Å². The van der Waals surface area contributed by atoms with Gasteiger partial charge in [-0.25, -0.2) is 9.97 Å². The Morgan fingerprint density at radius 1 is 1.00 bits per heavy atom. The van der Waals surface area contributed by atoms with Crippen LogP contribution in [0, 0.1) is 5.92 Å². The molecular formula is C20H32N6OS. The zero-order valence-electron chi connectivity index (χ0n) is 16.7. The number of carbonyl (C=O) groups excluding carboxylic acids is 1. The highest BCUT2D eigenvalue weighted by Gasteiger charge is 2.25. The van der Waals surface area contributed by atoms with Gasteiger partial charge >= 0.3 is 0 Å². The molecule has 3 aliphatic heterocycles. The van der Waals surface area contributed by atoms with Crippen molar-refractivity contribution in [3.05, 3.63) is 12.4 Å². The molecule has 154 valence electrons. The van der Waals surface area contributed by atoms with Crippen molar-refractivity contribution in [2.45, 2.75) is 25.7 Å². The van der Waals surface area contributed by atoms with E-state index < -0.39 is 0 Å². The van der Waals surface area contributed by atoms with Crippen LogP contribution in [0.15, 0.2) is 12.4 Å². The fraction of sp³-hybridized carbons (Fsp3) is 0.750. The average molecular weight is 405 g/mol. The summed E-state index contributed by atoms with van der Waals surface area (Å²) in [6.07, 6.45) is 8.30. The summed E-state index contributed by atoms with van der Waals surface area (Å²) < 4.78 is 0. The van der Waals surface area contributed by atoms with Crippen LogP contribution in [0.25, 0.3) is 0 Å². The number of piperidine rings is 1. The van der Waals surface area contributed by atoms with Crippen LogP contribution >= 0.6 is 11.8 Å². The van der Waals surface area contributed by atoms with Gasteiger partial charge in [0.2, 0.25) is 11.9 Å². The second kappa shape index (κ2) is 9.78. The smallest absolute Gasteiger partial charge is 0.225 e. The summed E-state index contributed by atoms with van der Waals surface area (Å²) in [6.45, 7) is 8.00. The molecule has 7 nitrogen and oxygen atoms in total. The van der Waals surface area contributed by atoms with Crippen LogP contribution in [0.5, 0.6) is 0 Å². The second-order valence-electron chi connectivity index (χ2n) is 7.94. The number of nitrogens with zero attached hydrogens (tertiary/aromatic N) is 5. The Hall–Kier alpha value is -1.54. The first-order valence-corrected chi connectivity index (χ1v) is 11.8. The molecule has 1 N–H and O–H groups in total. The Bertz CT molecular complexity index is 622. The molecule has 3 aliphatic rings. The molecular weight excluding hydrogens is 372 g/mol. The minimum atomic E-state index is 0.140. The first-order chi connectivity index (χ1) is 13.8. The quantitative estimate of drug-likeness (QED) is 0.770. The van der Waals surface area contributed by atoms with E-state index in [1.165, 1.54) is 25.9 Å². The molecule has 3 saturated heterocycles. The standard InChI is InChI=1S/C20H32N6OS/c27-19(21-5-10-24-6-1-2-7-24)17-3-8-25(9-4-17)18-15-22-20(23-16-18)26-11-13-28-14-12-26/h15-17H,1-14H2,(H,21,27). The van der Waals surface area contributed by atoms with Gasteiger partial charge in [0.25, 0.3) is 0 Å². The lowest BCUT2D eigenvalue weighted by atomic mass is 9.95. The zero-order valence-corrected chi connectivity index (χ0v) is 17.5. The number of thioether (sulfide) groups is 1. The molecule has 8 heteroatoms. The average Bonchev–Trinajstić information content (AvgIpc) is 3.28. The van der Waals surface area contributed by atoms with Crippen LogP contribution in [0.3, 0.4) is 0 Å². The molecule has 1 amide bonds. The van der Waals surface area contributed by atoms with Crippen molar-refractivity contribution in [2.24, 2.45) is 5.92 Å². The van der Waals surface area contributed by atoms with Gasteiger partial charge in [0.1, 0.15) is 0 Å². The van der Waals surface area contributed by atoms with Crippen molar-refractivity contribution in [2.75, 3.05) is 73.7 Å². The number of carbonyl (C=O) groups is 1. The van der Waals surface area contributed by atoms with E-state index in [1.807, 2.05) is 24.2 Å². The minimum Gasteiger partial charge on any atom is -0.369 e. The van der Waals surface area contributed by atoms with Crippen LogP contribution in [0.2, 0.25) is 0 Å². The van der Waals surface area contributed by atoms with E-state index in [1.54, 1.807) is 0 Å². The molecule has 0 atom stereocenters. The third-order valence-electron chi connectivity index (χ3n) is 6.08. The lowest BCUT2D eigenvalue weighted by Gasteiger charge is -2.33. The highest BCUT2D eigenvalue weighted by atomic mass is 32.2. The number of nitrogens with one attached hydrogen (secondary N) is 1. The van der Waals surface area contributed by atoms with Crippen molar-refractivity contribution < 1.29 is 4.79 Å². The Balaban J connectivity index is 1.20. The van der Waals surface area contributed by atoms with Gasteiger partial charge in [-0.1, -0.05) is 0 Å². The van der Waals surface area contributed by atoms with Crippen LogP contribution in [-0.4, -0.2) is 84.6 Å². The van der Waals surface area contributed by atoms with Crippen LogP contribution in [0.4, 0.5) is 11.6 Å². The monoisotopic (exact) mass is 404 g/mol. The highest BCUT2D eigenvalue weighted by Crippen LogP contribution is 2.24. The largest absolute Gasteiger partial charge is 0.369 e. The summed E-state index contributed by atoms with van der Waals surface area (Å²) in [5, 5.41) is 3.15. The molecule has 0 spiro atoms. The van der Waals surface area contributed by atoms with E-state index in [0.717, 1.165) is 75.3 Å². The van der Waals surface area contributed by atoms with Gasteiger partial charge in [0, 0.05) is 56.7 Å². The summed E-state index contributed by atoms with van der Waals surface area (Å²) in [7, 11) is 0. The number of rotatable bonds is 6. The van der Waals surface area contributed by atoms with Gasteiger partial charge in [-0.2, -0.15) is 11.8 Å². The third-order valence-corrected chi connectivity index (χ3v) is 7.02.